The zero-order chi connectivity index (χ0) is 22.2. The van der Waals surface area contributed by atoms with Crippen LogP contribution in [0.25, 0.3) is 0 Å². The van der Waals surface area contributed by atoms with E-state index < -0.39 is 10.5 Å². The van der Waals surface area contributed by atoms with Gasteiger partial charge in [-0.25, -0.2) is 0 Å². The molecule has 0 spiro atoms. The van der Waals surface area contributed by atoms with Crippen LogP contribution >= 0.6 is 23.2 Å². The Labute approximate surface area is 191 Å². The molecule has 0 atom stereocenters. The molecule has 1 aromatic rings. The second-order valence-corrected chi connectivity index (χ2v) is 8.31. The molecule has 6 heteroatoms. The molecular formula is C24H36Cl2O4. The third-order valence-corrected chi connectivity index (χ3v) is 5.42. The lowest BCUT2D eigenvalue weighted by molar-refractivity contribution is 0.106. The van der Waals surface area contributed by atoms with E-state index in [0.717, 1.165) is 38.5 Å². The predicted molar refractivity (Wildman–Crippen MR) is 125 cm³/mol. The third-order valence-electron chi connectivity index (χ3n) is 5.02. The highest BCUT2D eigenvalue weighted by atomic mass is 35.5. The van der Waals surface area contributed by atoms with Gasteiger partial charge in [-0.3, -0.25) is 9.59 Å². The zero-order valence-electron chi connectivity index (χ0n) is 18.4. The first-order valence-corrected chi connectivity index (χ1v) is 12.1. The van der Waals surface area contributed by atoms with Crippen molar-refractivity contribution < 1.29 is 19.1 Å². The SMILES string of the molecule is CCCCCCCCOc1cc(C(=O)Cl)c(OCCCCCCCC)cc1C(=O)Cl. The van der Waals surface area contributed by atoms with E-state index in [4.69, 9.17) is 32.7 Å². The average Bonchev–Trinajstić information content (AvgIpc) is 2.72. The van der Waals surface area contributed by atoms with Crippen molar-refractivity contribution in [1.82, 2.24) is 0 Å². The van der Waals surface area contributed by atoms with Crippen LogP contribution in [0.1, 0.15) is 112 Å². The van der Waals surface area contributed by atoms with Gasteiger partial charge in [0, 0.05) is 0 Å². The molecule has 0 N–H and O–H groups in total. The van der Waals surface area contributed by atoms with Gasteiger partial charge >= 0.3 is 0 Å². The monoisotopic (exact) mass is 458 g/mol. The number of hydrogen-bond acceptors (Lipinski definition) is 4. The maximum absolute atomic E-state index is 11.9. The number of carbonyl (C=O) groups excluding carboxylic acids is 2. The maximum Gasteiger partial charge on any atom is 0.256 e. The summed E-state index contributed by atoms with van der Waals surface area (Å²) in [4.78, 5) is 23.8. The van der Waals surface area contributed by atoms with Gasteiger partial charge in [-0.1, -0.05) is 78.1 Å². The summed E-state index contributed by atoms with van der Waals surface area (Å²) in [6, 6.07) is 2.94. The molecule has 1 aromatic carbocycles. The zero-order valence-corrected chi connectivity index (χ0v) is 20.0. The Hall–Kier alpha value is -1.26. The number of halogens is 2. The first-order chi connectivity index (χ1) is 14.5. The van der Waals surface area contributed by atoms with E-state index in [9.17, 15) is 9.59 Å². The van der Waals surface area contributed by atoms with Crippen molar-refractivity contribution >= 4 is 33.7 Å². The third kappa shape index (κ3) is 10.7. The Bertz CT molecular complexity index is 591. The van der Waals surface area contributed by atoms with Gasteiger partial charge in [-0.2, -0.15) is 0 Å². The summed E-state index contributed by atoms with van der Waals surface area (Å²) >= 11 is 11.5. The van der Waals surface area contributed by atoms with Crippen molar-refractivity contribution in [2.24, 2.45) is 0 Å². The Balaban J connectivity index is 2.68. The summed E-state index contributed by atoms with van der Waals surface area (Å²) in [6.07, 6.45) is 13.5. The van der Waals surface area contributed by atoms with Gasteiger partial charge in [0.25, 0.3) is 10.5 Å². The Morgan fingerprint density at radius 2 is 0.967 bits per heavy atom. The molecule has 0 aromatic heterocycles. The lowest BCUT2D eigenvalue weighted by Gasteiger charge is -2.15. The molecule has 0 saturated heterocycles. The molecule has 0 aliphatic carbocycles. The van der Waals surface area contributed by atoms with Crippen LogP contribution in [0.3, 0.4) is 0 Å². The van der Waals surface area contributed by atoms with Crippen molar-refractivity contribution in [2.45, 2.75) is 90.9 Å². The Kier molecular flexibility index (Phi) is 14.7. The van der Waals surface area contributed by atoms with E-state index in [1.807, 2.05) is 0 Å². The maximum atomic E-state index is 11.9. The highest BCUT2D eigenvalue weighted by Gasteiger charge is 2.20. The normalized spacial score (nSPS) is 10.8. The number of benzene rings is 1. The van der Waals surface area contributed by atoms with Crippen molar-refractivity contribution in [3.8, 4) is 11.5 Å². The van der Waals surface area contributed by atoms with E-state index in [-0.39, 0.29) is 22.6 Å². The van der Waals surface area contributed by atoms with Gasteiger partial charge in [0.1, 0.15) is 11.5 Å². The van der Waals surface area contributed by atoms with Crippen molar-refractivity contribution in [3.63, 3.8) is 0 Å². The largest absolute Gasteiger partial charge is 0.493 e. The van der Waals surface area contributed by atoms with Gasteiger partial charge < -0.3 is 9.47 Å². The molecule has 0 fully saturated rings. The van der Waals surface area contributed by atoms with E-state index in [0.29, 0.717) is 13.2 Å². The molecule has 0 heterocycles. The first-order valence-electron chi connectivity index (χ1n) is 11.3. The van der Waals surface area contributed by atoms with Crippen molar-refractivity contribution in [3.05, 3.63) is 23.3 Å². The molecule has 30 heavy (non-hydrogen) atoms. The molecule has 0 aliphatic rings. The average molecular weight is 459 g/mol. The van der Waals surface area contributed by atoms with E-state index in [1.165, 1.54) is 50.7 Å². The minimum Gasteiger partial charge on any atom is -0.493 e. The van der Waals surface area contributed by atoms with Gasteiger partial charge in [0.2, 0.25) is 0 Å². The van der Waals surface area contributed by atoms with Gasteiger partial charge in [-0.05, 0) is 48.2 Å². The summed E-state index contributed by atoms with van der Waals surface area (Å²) in [7, 11) is 0. The summed E-state index contributed by atoms with van der Waals surface area (Å²) < 4.78 is 11.5. The lowest BCUT2D eigenvalue weighted by Crippen LogP contribution is -2.07. The molecule has 170 valence electrons. The number of unbranched alkanes of at least 4 members (excludes halogenated alkanes) is 10. The van der Waals surface area contributed by atoms with Crippen LogP contribution in [0.15, 0.2) is 12.1 Å². The number of ether oxygens (including phenoxy) is 2. The van der Waals surface area contributed by atoms with Crippen LogP contribution < -0.4 is 9.47 Å². The smallest absolute Gasteiger partial charge is 0.256 e. The van der Waals surface area contributed by atoms with E-state index >= 15 is 0 Å². The van der Waals surface area contributed by atoms with Crippen LogP contribution in [-0.2, 0) is 0 Å². The second-order valence-electron chi connectivity index (χ2n) is 7.62. The molecule has 0 unspecified atom stereocenters. The molecule has 0 amide bonds. The van der Waals surface area contributed by atoms with Crippen LogP contribution in [-0.4, -0.2) is 23.7 Å². The Morgan fingerprint density at radius 3 is 1.30 bits per heavy atom. The fourth-order valence-electron chi connectivity index (χ4n) is 3.24. The highest BCUT2D eigenvalue weighted by molar-refractivity contribution is 6.69. The molecule has 0 bridgehead atoms. The first kappa shape index (κ1) is 26.8. The minimum atomic E-state index is -0.647. The van der Waals surface area contributed by atoms with Gasteiger partial charge in [0.15, 0.2) is 0 Å². The van der Waals surface area contributed by atoms with Gasteiger partial charge in [0.05, 0.1) is 24.3 Å². The van der Waals surface area contributed by atoms with Crippen LogP contribution in [0.4, 0.5) is 0 Å². The van der Waals surface area contributed by atoms with E-state index in [1.54, 1.807) is 0 Å². The van der Waals surface area contributed by atoms with E-state index in [2.05, 4.69) is 13.8 Å². The fraction of sp³-hybridized carbons (Fsp3) is 0.667. The lowest BCUT2D eigenvalue weighted by atomic mass is 10.1. The molecule has 1 rings (SSSR count). The topological polar surface area (TPSA) is 52.6 Å². The molecule has 0 aliphatic heterocycles. The second kappa shape index (κ2) is 16.4. The number of hydrogen-bond donors (Lipinski definition) is 0. The minimum absolute atomic E-state index is 0.197. The molecule has 4 nitrogen and oxygen atoms in total. The summed E-state index contributed by atoms with van der Waals surface area (Å²) in [5.41, 5.74) is 0.393. The predicted octanol–water partition coefficient (Wildman–Crippen LogP) is 7.92. The Morgan fingerprint density at radius 1 is 0.633 bits per heavy atom. The quantitative estimate of drug-likeness (QED) is 0.165. The van der Waals surface area contributed by atoms with Gasteiger partial charge in [-0.15, -0.1) is 0 Å². The summed E-state index contributed by atoms with van der Waals surface area (Å²) in [5, 5.41) is -1.29. The van der Waals surface area contributed by atoms with Crippen LogP contribution in [0.2, 0.25) is 0 Å². The summed E-state index contributed by atoms with van der Waals surface area (Å²) in [5.74, 6) is 0.555. The molecule has 0 saturated carbocycles. The molecular weight excluding hydrogens is 423 g/mol. The standard InChI is InChI=1S/C24H36Cl2O4/c1-3-5-7-9-11-13-15-29-21-17-20(24(26)28)22(18-19(21)23(25)27)30-16-14-12-10-8-6-4-2/h17-18H,3-16H2,1-2H3. The molecule has 0 radical (unpaired) electrons. The van der Waals surface area contributed by atoms with Crippen LogP contribution in [0.5, 0.6) is 11.5 Å². The summed E-state index contributed by atoms with van der Waals surface area (Å²) in [6.45, 7) is 5.28. The number of carbonyl (C=O) groups is 2. The van der Waals surface area contributed by atoms with Crippen LogP contribution in [0, 0.1) is 0 Å². The highest BCUT2D eigenvalue weighted by Crippen LogP contribution is 2.32. The van der Waals surface area contributed by atoms with Crippen molar-refractivity contribution in [2.75, 3.05) is 13.2 Å². The fourth-order valence-corrected chi connectivity index (χ4v) is 3.53. The number of rotatable bonds is 18. The van der Waals surface area contributed by atoms with Crippen molar-refractivity contribution in [1.29, 1.82) is 0 Å².